The first-order valence-corrected chi connectivity index (χ1v) is 7.79. The molecule has 2 rings (SSSR count). The van der Waals surface area contributed by atoms with Gasteiger partial charge in [0.25, 0.3) is 0 Å². The molecule has 112 valence electrons. The zero-order valence-corrected chi connectivity index (χ0v) is 14.5. The SMILES string of the molecule is COc1cc(Br)c(OCC(O)c2cccc(N)c2)cc1Br. The lowest BCUT2D eigenvalue weighted by molar-refractivity contribution is 0.108. The van der Waals surface area contributed by atoms with Crippen LogP contribution in [0.3, 0.4) is 0 Å². The van der Waals surface area contributed by atoms with Gasteiger partial charge in [-0.05, 0) is 61.7 Å². The molecule has 3 N–H and O–H groups in total. The maximum Gasteiger partial charge on any atom is 0.135 e. The summed E-state index contributed by atoms with van der Waals surface area (Å²) in [5.41, 5.74) is 7.03. The second kappa shape index (κ2) is 7.15. The second-order valence-corrected chi connectivity index (χ2v) is 6.12. The molecule has 21 heavy (non-hydrogen) atoms. The van der Waals surface area contributed by atoms with Crippen LogP contribution in [0.2, 0.25) is 0 Å². The predicted octanol–water partition coefficient (Wildman–Crippen LogP) is 3.91. The lowest BCUT2D eigenvalue weighted by atomic mass is 10.1. The van der Waals surface area contributed by atoms with E-state index >= 15 is 0 Å². The normalized spacial score (nSPS) is 12.0. The van der Waals surface area contributed by atoms with Crippen molar-refractivity contribution in [1.82, 2.24) is 0 Å². The minimum Gasteiger partial charge on any atom is -0.496 e. The Morgan fingerprint density at radius 1 is 1.14 bits per heavy atom. The summed E-state index contributed by atoms with van der Waals surface area (Å²) in [4.78, 5) is 0. The summed E-state index contributed by atoms with van der Waals surface area (Å²) in [6.45, 7) is 0.126. The Hall–Kier alpha value is -1.24. The highest BCUT2D eigenvalue weighted by atomic mass is 79.9. The lowest BCUT2D eigenvalue weighted by Crippen LogP contribution is -2.10. The Bertz CT molecular complexity index is 634. The minimum absolute atomic E-state index is 0.126. The number of benzene rings is 2. The molecule has 0 spiro atoms. The third-order valence-electron chi connectivity index (χ3n) is 2.90. The zero-order chi connectivity index (χ0) is 15.4. The first-order chi connectivity index (χ1) is 10.0. The van der Waals surface area contributed by atoms with E-state index in [9.17, 15) is 5.11 Å². The number of hydrogen-bond donors (Lipinski definition) is 2. The molecular weight excluding hydrogens is 402 g/mol. The summed E-state index contributed by atoms with van der Waals surface area (Å²) in [5, 5.41) is 10.1. The third-order valence-corrected chi connectivity index (χ3v) is 4.14. The van der Waals surface area contributed by atoms with Gasteiger partial charge in [-0.3, -0.25) is 0 Å². The van der Waals surface area contributed by atoms with Crippen LogP contribution in [0, 0.1) is 0 Å². The van der Waals surface area contributed by atoms with Crippen LogP contribution >= 0.6 is 31.9 Å². The smallest absolute Gasteiger partial charge is 0.135 e. The zero-order valence-electron chi connectivity index (χ0n) is 11.3. The molecule has 0 aliphatic rings. The fraction of sp³-hybridized carbons (Fsp3) is 0.200. The molecular formula is C15H15Br2NO3. The van der Waals surface area contributed by atoms with Crippen molar-refractivity contribution in [3.63, 3.8) is 0 Å². The second-order valence-electron chi connectivity index (χ2n) is 4.41. The standard InChI is InChI=1S/C15H15Br2NO3/c1-20-14-6-12(17)15(7-11(14)16)21-8-13(19)9-3-2-4-10(18)5-9/h2-7,13,19H,8,18H2,1H3. The molecule has 0 saturated carbocycles. The molecule has 0 aliphatic heterocycles. The van der Waals surface area contributed by atoms with Crippen molar-refractivity contribution in [2.24, 2.45) is 0 Å². The Labute approximate surface area is 140 Å². The predicted molar refractivity (Wildman–Crippen MR) is 89.7 cm³/mol. The van der Waals surface area contributed by atoms with Crippen molar-refractivity contribution in [2.75, 3.05) is 19.5 Å². The van der Waals surface area contributed by atoms with Gasteiger partial charge in [0, 0.05) is 5.69 Å². The van der Waals surface area contributed by atoms with Crippen LogP contribution in [0.15, 0.2) is 45.3 Å². The summed E-state index contributed by atoms with van der Waals surface area (Å²) in [6, 6.07) is 10.7. The highest BCUT2D eigenvalue weighted by Gasteiger charge is 2.12. The van der Waals surface area contributed by atoms with Gasteiger partial charge >= 0.3 is 0 Å². The monoisotopic (exact) mass is 415 g/mol. The lowest BCUT2D eigenvalue weighted by Gasteiger charge is -2.15. The average molecular weight is 417 g/mol. The number of hydrogen-bond acceptors (Lipinski definition) is 4. The van der Waals surface area contributed by atoms with E-state index in [-0.39, 0.29) is 6.61 Å². The fourth-order valence-electron chi connectivity index (χ4n) is 1.81. The largest absolute Gasteiger partial charge is 0.496 e. The molecule has 0 radical (unpaired) electrons. The van der Waals surface area contributed by atoms with E-state index in [2.05, 4.69) is 31.9 Å². The average Bonchev–Trinajstić information content (AvgIpc) is 2.47. The molecule has 1 unspecified atom stereocenters. The van der Waals surface area contributed by atoms with Crippen molar-refractivity contribution in [1.29, 1.82) is 0 Å². The maximum absolute atomic E-state index is 10.1. The van der Waals surface area contributed by atoms with E-state index in [1.165, 1.54) is 0 Å². The number of nitrogen functional groups attached to an aromatic ring is 1. The van der Waals surface area contributed by atoms with E-state index in [4.69, 9.17) is 15.2 Å². The number of anilines is 1. The van der Waals surface area contributed by atoms with Crippen molar-refractivity contribution in [3.05, 3.63) is 50.9 Å². The topological polar surface area (TPSA) is 64.7 Å². The molecule has 1 atom stereocenters. The van der Waals surface area contributed by atoms with Gasteiger partial charge in [0.2, 0.25) is 0 Å². The third kappa shape index (κ3) is 4.12. The molecule has 4 nitrogen and oxygen atoms in total. The first-order valence-electron chi connectivity index (χ1n) is 6.20. The molecule has 2 aromatic rings. The molecule has 0 fully saturated rings. The van der Waals surface area contributed by atoms with Crippen molar-refractivity contribution in [2.45, 2.75) is 6.10 Å². The molecule has 0 saturated heterocycles. The molecule has 0 bridgehead atoms. The number of aliphatic hydroxyl groups excluding tert-OH is 1. The molecule has 0 amide bonds. The van der Waals surface area contributed by atoms with Crippen LogP contribution in [0.4, 0.5) is 5.69 Å². The quantitative estimate of drug-likeness (QED) is 0.725. The van der Waals surface area contributed by atoms with Gasteiger partial charge in [-0.15, -0.1) is 0 Å². The number of ether oxygens (including phenoxy) is 2. The van der Waals surface area contributed by atoms with Crippen molar-refractivity contribution < 1.29 is 14.6 Å². The van der Waals surface area contributed by atoms with Gasteiger partial charge in [-0.2, -0.15) is 0 Å². The molecule has 0 heterocycles. The van der Waals surface area contributed by atoms with Crippen molar-refractivity contribution >= 4 is 37.5 Å². The Balaban J connectivity index is 2.08. The van der Waals surface area contributed by atoms with E-state index in [0.717, 1.165) is 14.5 Å². The molecule has 0 aromatic heterocycles. The first kappa shape index (κ1) is 16.1. The highest BCUT2D eigenvalue weighted by Crippen LogP contribution is 2.36. The Morgan fingerprint density at radius 2 is 1.81 bits per heavy atom. The van der Waals surface area contributed by atoms with Crippen LogP contribution in [-0.4, -0.2) is 18.8 Å². The summed E-state index contributed by atoms with van der Waals surface area (Å²) in [6.07, 6.45) is -0.749. The van der Waals surface area contributed by atoms with E-state index in [0.29, 0.717) is 17.2 Å². The van der Waals surface area contributed by atoms with Crippen LogP contribution in [0.1, 0.15) is 11.7 Å². The van der Waals surface area contributed by atoms with Crippen LogP contribution in [-0.2, 0) is 0 Å². The summed E-state index contributed by atoms with van der Waals surface area (Å²) in [7, 11) is 1.59. The summed E-state index contributed by atoms with van der Waals surface area (Å²) < 4.78 is 12.4. The Morgan fingerprint density at radius 3 is 2.48 bits per heavy atom. The van der Waals surface area contributed by atoms with Gasteiger partial charge < -0.3 is 20.3 Å². The number of rotatable bonds is 5. The minimum atomic E-state index is -0.749. The Kier molecular flexibility index (Phi) is 5.50. The molecule has 2 aromatic carbocycles. The van der Waals surface area contributed by atoms with Crippen LogP contribution in [0.5, 0.6) is 11.5 Å². The number of aliphatic hydroxyl groups is 1. The number of nitrogens with two attached hydrogens (primary N) is 1. The summed E-state index contributed by atoms with van der Waals surface area (Å²) >= 11 is 6.81. The van der Waals surface area contributed by atoms with Gasteiger partial charge in [-0.25, -0.2) is 0 Å². The van der Waals surface area contributed by atoms with E-state index in [1.807, 2.05) is 6.07 Å². The number of halogens is 2. The van der Waals surface area contributed by atoms with Gasteiger partial charge in [0.15, 0.2) is 0 Å². The molecule has 0 aliphatic carbocycles. The summed E-state index contributed by atoms with van der Waals surface area (Å²) in [5.74, 6) is 1.32. The van der Waals surface area contributed by atoms with E-state index < -0.39 is 6.10 Å². The van der Waals surface area contributed by atoms with Crippen LogP contribution < -0.4 is 15.2 Å². The highest BCUT2D eigenvalue weighted by molar-refractivity contribution is 9.11. The fourth-order valence-corrected chi connectivity index (χ4v) is 2.73. The van der Waals surface area contributed by atoms with E-state index in [1.54, 1.807) is 37.4 Å². The maximum atomic E-state index is 10.1. The van der Waals surface area contributed by atoms with Crippen LogP contribution in [0.25, 0.3) is 0 Å². The number of methoxy groups -OCH3 is 1. The van der Waals surface area contributed by atoms with Gasteiger partial charge in [0.05, 0.1) is 16.1 Å². The van der Waals surface area contributed by atoms with Crippen molar-refractivity contribution in [3.8, 4) is 11.5 Å². The van der Waals surface area contributed by atoms with Gasteiger partial charge in [0.1, 0.15) is 24.2 Å². The molecule has 6 heteroatoms. The van der Waals surface area contributed by atoms with Gasteiger partial charge in [-0.1, -0.05) is 12.1 Å².